The van der Waals surface area contributed by atoms with Gasteiger partial charge in [-0.3, -0.25) is 4.79 Å². The average Bonchev–Trinajstić information content (AvgIpc) is 3.14. The van der Waals surface area contributed by atoms with Gasteiger partial charge in [-0.15, -0.1) is 6.42 Å². The first kappa shape index (κ1) is 19.1. The zero-order chi connectivity index (χ0) is 20.1. The minimum Gasteiger partial charge on any atom is -0.452 e. The fourth-order valence-electron chi connectivity index (χ4n) is 2.73. The van der Waals surface area contributed by atoms with Crippen LogP contribution in [0.2, 0.25) is 0 Å². The van der Waals surface area contributed by atoms with Crippen LogP contribution >= 0.6 is 0 Å². The minimum absolute atomic E-state index is 0.0643. The number of carbonyl (C=O) groups excluding carboxylic acids is 2. The molecule has 1 aromatic carbocycles. The summed E-state index contributed by atoms with van der Waals surface area (Å²) >= 11 is 0. The molecule has 0 atom stereocenters. The van der Waals surface area contributed by atoms with Crippen molar-refractivity contribution < 1.29 is 14.3 Å². The first-order valence-corrected chi connectivity index (χ1v) is 8.82. The smallest absolute Gasteiger partial charge is 0.339 e. The Labute approximate surface area is 162 Å². The third-order valence-electron chi connectivity index (χ3n) is 4.07. The van der Waals surface area contributed by atoms with Gasteiger partial charge in [0.1, 0.15) is 0 Å². The highest BCUT2D eigenvalue weighted by Gasteiger charge is 2.20. The Morgan fingerprint density at radius 1 is 1.29 bits per heavy atom. The molecule has 0 aliphatic heterocycles. The van der Waals surface area contributed by atoms with E-state index in [1.54, 1.807) is 16.9 Å². The van der Waals surface area contributed by atoms with Gasteiger partial charge in [0.05, 0.1) is 29.4 Å². The van der Waals surface area contributed by atoms with Gasteiger partial charge in [0.2, 0.25) is 0 Å². The average molecular weight is 376 g/mol. The summed E-state index contributed by atoms with van der Waals surface area (Å²) in [6.45, 7) is 3.63. The van der Waals surface area contributed by atoms with Crippen molar-refractivity contribution in [3.63, 3.8) is 0 Å². The van der Waals surface area contributed by atoms with E-state index in [0.717, 1.165) is 5.56 Å². The molecule has 2 aromatic heterocycles. The summed E-state index contributed by atoms with van der Waals surface area (Å²) in [5, 5.41) is 7.38. The first-order valence-electron chi connectivity index (χ1n) is 8.82. The number of pyridine rings is 1. The van der Waals surface area contributed by atoms with E-state index in [-0.39, 0.29) is 12.6 Å². The maximum Gasteiger partial charge on any atom is 0.339 e. The highest BCUT2D eigenvalue weighted by molar-refractivity contribution is 6.04. The molecular formula is C21H20N4O3. The lowest BCUT2D eigenvalue weighted by atomic mass is 10.1. The van der Waals surface area contributed by atoms with E-state index < -0.39 is 18.5 Å². The summed E-state index contributed by atoms with van der Waals surface area (Å²) in [6, 6.07) is 11.2. The summed E-state index contributed by atoms with van der Waals surface area (Å²) in [5.41, 5.74) is 2.38. The summed E-state index contributed by atoms with van der Waals surface area (Å²) in [6.07, 6.45) is 6.69. The molecule has 1 N–H and O–H groups in total. The predicted molar refractivity (Wildman–Crippen MR) is 105 cm³/mol. The fourth-order valence-corrected chi connectivity index (χ4v) is 2.73. The lowest BCUT2D eigenvalue weighted by Crippen LogP contribution is -2.29. The number of esters is 1. The van der Waals surface area contributed by atoms with Crippen molar-refractivity contribution in [3.8, 4) is 23.6 Å². The van der Waals surface area contributed by atoms with Crippen LogP contribution in [0.15, 0.2) is 42.6 Å². The number of terminal acetylenes is 1. The number of ether oxygens (including phenoxy) is 1. The van der Waals surface area contributed by atoms with Crippen LogP contribution in [0.1, 0.15) is 30.2 Å². The Morgan fingerprint density at radius 3 is 2.71 bits per heavy atom. The number of rotatable bonds is 6. The zero-order valence-electron chi connectivity index (χ0n) is 15.7. The second kappa shape index (κ2) is 8.35. The van der Waals surface area contributed by atoms with Crippen LogP contribution in [0.3, 0.4) is 0 Å². The number of carbonyl (C=O) groups is 2. The predicted octanol–water partition coefficient (Wildman–Crippen LogP) is 2.59. The molecule has 7 heteroatoms. The molecule has 0 aliphatic rings. The Kier molecular flexibility index (Phi) is 5.70. The second-order valence-electron chi connectivity index (χ2n) is 6.40. The zero-order valence-corrected chi connectivity index (χ0v) is 15.7. The van der Waals surface area contributed by atoms with E-state index in [2.05, 4.69) is 16.3 Å². The molecule has 2 heterocycles. The lowest BCUT2D eigenvalue weighted by Gasteiger charge is -2.10. The summed E-state index contributed by atoms with van der Waals surface area (Å²) < 4.78 is 6.92. The Morgan fingerprint density at radius 2 is 2.04 bits per heavy atom. The van der Waals surface area contributed by atoms with Gasteiger partial charge in [0.25, 0.3) is 5.91 Å². The molecule has 142 valence electrons. The monoisotopic (exact) mass is 376 g/mol. The molecule has 0 radical (unpaired) electrons. The molecule has 0 unspecified atom stereocenters. The van der Waals surface area contributed by atoms with Crippen molar-refractivity contribution in [1.82, 2.24) is 20.1 Å². The third kappa shape index (κ3) is 4.01. The molecule has 1 amide bonds. The second-order valence-corrected chi connectivity index (χ2v) is 6.40. The van der Waals surface area contributed by atoms with E-state index in [4.69, 9.17) is 16.1 Å². The van der Waals surface area contributed by atoms with Gasteiger partial charge in [-0.2, -0.15) is 5.10 Å². The van der Waals surface area contributed by atoms with E-state index in [9.17, 15) is 9.59 Å². The molecular weight excluding hydrogens is 356 g/mol. The van der Waals surface area contributed by atoms with Gasteiger partial charge in [-0.05, 0) is 19.9 Å². The van der Waals surface area contributed by atoms with Gasteiger partial charge in [0, 0.05) is 11.6 Å². The molecule has 0 bridgehead atoms. The third-order valence-corrected chi connectivity index (χ3v) is 4.07. The molecule has 7 nitrogen and oxygen atoms in total. The molecule has 0 aliphatic carbocycles. The van der Waals surface area contributed by atoms with Crippen LogP contribution in [0.25, 0.3) is 22.3 Å². The normalized spacial score (nSPS) is 10.6. The highest BCUT2D eigenvalue weighted by atomic mass is 16.5. The van der Waals surface area contributed by atoms with Crippen molar-refractivity contribution in [2.24, 2.45) is 0 Å². The lowest BCUT2D eigenvalue weighted by molar-refractivity contribution is -0.123. The molecule has 3 rings (SSSR count). The van der Waals surface area contributed by atoms with Crippen LogP contribution in [0, 0.1) is 12.3 Å². The van der Waals surface area contributed by atoms with E-state index >= 15 is 0 Å². The first-order chi connectivity index (χ1) is 13.5. The topological polar surface area (TPSA) is 86.1 Å². The number of hydrogen-bond donors (Lipinski definition) is 1. The molecule has 0 saturated heterocycles. The number of benzene rings is 1. The number of hydrogen-bond acceptors (Lipinski definition) is 5. The number of amides is 1. The Bertz CT molecular complexity index is 1050. The van der Waals surface area contributed by atoms with Gasteiger partial charge < -0.3 is 10.1 Å². The van der Waals surface area contributed by atoms with Gasteiger partial charge in [0.15, 0.2) is 12.3 Å². The van der Waals surface area contributed by atoms with Gasteiger partial charge >= 0.3 is 5.97 Å². The Balaban J connectivity index is 1.99. The van der Waals surface area contributed by atoms with Gasteiger partial charge in [-0.25, -0.2) is 14.5 Å². The maximum absolute atomic E-state index is 12.7. The maximum atomic E-state index is 12.7. The van der Waals surface area contributed by atoms with Gasteiger partial charge in [-0.1, -0.05) is 36.3 Å². The number of aromatic nitrogens is 3. The molecule has 0 spiro atoms. The molecule has 0 fully saturated rings. The largest absolute Gasteiger partial charge is 0.452 e. The van der Waals surface area contributed by atoms with Crippen molar-refractivity contribution in [2.45, 2.75) is 19.9 Å². The summed E-state index contributed by atoms with van der Waals surface area (Å²) in [4.78, 5) is 29.1. The number of nitrogens with one attached hydrogen (secondary N) is 1. The number of nitrogens with zero attached hydrogens (tertiary/aromatic N) is 3. The van der Waals surface area contributed by atoms with Crippen LogP contribution < -0.4 is 5.32 Å². The van der Waals surface area contributed by atoms with Crippen LogP contribution in [-0.2, 0) is 9.53 Å². The van der Waals surface area contributed by atoms with Crippen molar-refractivity contribution in [3.05, 3.63) is 48.2 Å². The van der Waals surface area contributed by atoms with Crippen molar-refractivity contribution >= 4 is 22.9 Å². The SMILES string of the molecule is C#CCNC(=O)COC(=O)c1cc(-c2ccccc2)nc2c1cnn2C(C)C. The Hall–Kier alpha value is -3.66. The number of fused-ring (bicyclic) bond motifs is 1. The van der Waals surface area contributed by atoms with E-state index in [0.29, 0.717) is 22.3 Å². The molecule has 3 aromatic rings. The molecule has 28 heavy (non-hydrogen) atoms. The highest BCUT2D eigenvalue weighted by Crippen LogP contribution is 2.26. The quantitative estimate of drug-likeness (QED) is 0.528. The molecule has 0 saturated carbocycles. The minimum atomic E-state index is -0.622. The van der Waals surface area contributed by atoms with Crippen molar-refractivity contribution in [1.29, 1.82) is 0 Å². The summed E-state index contributed by atoms with van der Waals surface area (Å²) in [5.74, 6) is 1.21. The summed E-state index contributed by atoms with van der Waals surface area (Å²) in [7, 11) is 0. The standard InChI is InChI=1S/C21H20N4O3/c1-4-10-22-19(26)13-28-21(27)16-11-18(15-8-6-5-7-9-15)24-20-17(16)12-23-25(20)14(2)3/h1,5-9,11-12,14H,10,13H2,2-3H3,(H,22,26). The van der Waals surface area contributed by atoms with E-state index in [1.165, 1.54) is 0 Å². The van der Waals surface area contributed by atoms with Crippen LogP contribution in [-0.4, -0.2) is 39.8 Å². The van der Waals surface area contributed by atoms with Crippen LogP contribution in [0.4, 0.5) is 0 Å². The van der Waals surface area contributed by atoms with E-state index in [1.807, 2.05) is 44.2 Å². The fraction of sp³-hybridized carbons (Fsp3) is 0.238. The van der Waals surface area contributed by atoms with Crippen LogP contribution in [0.5, 0.6) is 0 Å². The van der Waals surface area contributed by atoms with Crippen molar-refractivity contribution in [2.75, 3.05) is 13.2 Å².